The lowest BCUT2D eigenvalue weighted by Gasteiger charge is -2.36. The van der Waals surface area contributed by atoms with E-state index >= 15 is 4.39 Å². The van der Waals surface area contributed by atoms with E-state index in [0.29, 0.717) is 45.6 Å². The number of nitriles is 1. The molecule has 45 heavy (non-hydrogen) atoms. The molecule has 11 nitrogen and oxygen atoms in total. The summed E-state index contributed by atoms with van der Waals surface area (Å²) in [5.74, 6) is -0.569. The molecule has 0 bridgehead atoms. The molecule has 0 spiro atoms. The Morgan fingerprint density at radius 2 is 2.00 bits per heavy atom. The van der Waals surface area contributed by atoms with E-state index in [-0.39, 0.29) is 46.5 Å². The zero-order valence-electron chi connectivity index (χ0n) is 25.0. The number of anilines is 1. The maximum atomic E-state index is 15.0. The van der Waals surface area contributed by atoms with Gasteiger partial charge in [-0.25, -0.2) is 22.8 Å². The van der Waals surface area contributed by atoms with Crippen molar-refractivity contribution in [3.63, 3.8) is 0 Å². The molecule has 5 aromatic rings. The molecule has 0 radical (unpaired) electrons. The van der Waals surface area contributed by atoms with Crippen LogP contribution < -0.4 is 4.90 Å². The number of halogens is 1. The minimum Gasteiger partial charge on any atom is -0.388 e. The molecule has 2 aromatic carbocycles. The van der Waals surface area contributed by atoms with Gasteiger partial charge in [0.2, 0.25) is 15.8 Å². The van der Waals surface area contributed by atoms with Crippen LogP contribution in [-0.2, 0) is 22.1 Å². The average molecular weight is 647 g/mol. The molecule has 1 aliphatic heterocycles. The number of aliphatic imine (C=N–C) groups is 1. The molecule has 1 saturated heterocycles. The molecule has 1 fully saturated rings. The van der Waals surface area contributed by atoms with Crippen LogP contribution in [0.3, 0.4) is 0 Å². The van der Waals surface area contributed by atoms with Gasteiger partial charge in [-0.05, 0) is 37.0 Å². The van der Waals surface area contributed by atoms with Crippen molar-refractivity contribution in [2.24, 2.45) is 4.99 Å². The lowest BCUT2D eigenvalue weighted by atomic mass is 9.95. The zero-order chi connectivity index (χ0) is 31.9. The van der Waals surface area contributed by atoms with Crippen LogP contribution in [0.15, 0.2) is 58.8 Å². The highest BCUT2D eigenvalue weighted by Gasteiger charge is 2.32. The number of benzene rings is 2. The van der Waals surface area contributed by atoms with Gasteiger partial charge in [0, 0.05) is 32.6 Å². The van der Waals surface area contributed by atoms with Crippen molar-refractivity contribution in [3.05, 3.63) is 71.3 Å². The number of rotatable bonds is 8. The highest BCUT2D eigenvalue weighted by molar-refractivity contribution is 7.90. The molecule has 3 aromatic heterocycles. The minimum absolute atomic E-state index is 0.110. The van der Waals surface area contributed by atoms with Gasteiger partial charge in [0.25, 0.3) is 0 Å². The summed E-state index contributed by atoms with van der Waals surface area (Å²) in [6, 6.07) is 14.0. The molecule has 6 rings (SSSR count). The first-order valence-electron chi connectivity index (χ1n) is 14.3. The van der Waals surface area contributed by atoms with Crippen molar-refractivity contribution in [1.29, 1.82) is 5.26 Å². The first-order valence-corrected chi connectivity index (χ1v) is 16.7. The molecule has 0 amide bonds. The Bertz CT molecular complexity index is 2080. The van der Waals surface area contributed by atoms with Gasteiger partial charge in [-0.2, -0.15) is 15.2 Å². The fraction of sp³-hybridized carbons (Fsp3) is 0.323. The molecule has 0 saturated carbocycles. The van der Waals surface area contributed by atoms with Crippen molar-refractivity contribution in [3.8, 4) is 6.07 Å². The van der Waals surface area contributed by atoms with Gasteiger partial charge < -0.3 is 19.5 Å². The summed E-state index contributed by atoms with van der Waals surface area (Å²) in [6.45, 7) is 2.64. The molecule has 0 unspecified atom stereocenters. The average Bonchev–Trinajstić information content (AvgIpc) is 3.58. The SMILES string of the molecule is CN(C)/C=N/c1sc2c(F)ccc(Cn3cnc4c(S(=O)(=O)Cc5ccccc5)nc(N5CCC[C@@](C)(O)C5)nc43)c2c1C#N. The lowest BCUT2D eigenvalue weighted by Crippen LogP contribution is -2.46. The molecule has 14 heteroatoms. The normalized spacial score (nSPS) is 17.4. The second-order valence-electron chi connectivity index (χ2n) is 11.7. The number of imidazole rings is 1. The summed E-state index contributed by atoms with van der Waals surface area (Å²) in [5.41, 5.74) is 0.879. The Morgan fingerprint density at radius 3 is 2.71 bits per heavy atom. The van der Waals surface area contributed by atoms with Crippen molar-refractivity contribution in [1.82, 2.24) is 24.4 Å². The Morgan fingerprint density at radius 1 is 1.22 bits per heavy atom. The van der Waals surface area contributed by atoms with E-state index in [4.69, 9.17) is 4.98 Å². The van der Waals surface area contributed by atoms with Crippen LogP contribution in [0, 0.1) is 17.1 Å². The number of thiophene rings is 1. The van der Waals surface area contributed by atoms with Crippen molar-refractivity contribution >= 4 is 59.7 Å². The highest BCUT2D eigenvalue weighted by atomic mass is 32.2. The van der Waals surface area contributed by atoms with Crippen molar-refractivity contribution in [2.45, 2.75) is 42.7 Å². The smallest absolute Gasteiger partial charge is 0.228 e. The van der Waals surface area contributed by atoms with Crippen LogP contribution in [0.5, 0.6) is 0 Å². The van der Waals surface area contributed by atoms with Crippen LogP contribution in [-0.4, -0.2) is 77.1 Å². The van der Waals surface area contributed by atoms with Gasteiger partial charge in [0.15, 0.2) is 10.7 Å². The molecule has 232 valence electrons. The van der Waals surface area contributed by atoms with E-state index in [0.717, 1.165) is 11.3 Å². The number of hydrogen-bond donors (Lipinski definition) is 1. The highest BCUT2D eigenvalue weighted by Crippen LogP contribution is 2.41. The Hall–Kier alpha value is -4.45. The van der Waals surface area contributed by atoms with Gasteiger partial charge >= 0.3 is 0 Å². The number of aromatic nitrogens is 4. The Labute approximate surface area is 263 Å². The zero-order valence-corrected chi connectivity index (χ0v) is 26.6. The lowest BCUT2D eigenvalue weighted by molar-refractivity contribution is 0.0444. The van der Waals surface area contributed by atoms with E-state index in [2.05, 4.69) is 21.0 Å². The number of sulfone groups is 1. The number of hydrogen-bond acceptors (Lipinski definition) is 10. The number of aliphatic hydroxyl groups is 1. The van der Waals surface area contributed by atoms with Gasteiger partial charge in [0.1, 0.15) is 22.4 Å². The van der Waals surface area contributed by atoms with E-state index < -0.39 is 21.3 Å². The van der Waals surface area contributed by atoms with Crippen LogP contribution in [0.25, 0.3) is 21.3 Å². The third-order valence-electron chi connectivity index (χ3n) is 7.59. The minimum atomic E-state index is -3.98. The maximum Gasteiger partial charge on any atom is 0.228 e. The molecule has 1 atom stereocenters. The summed E-state index contributed by atoms with van der Waals surface area (Å²) in [6.07, 6.45) is 4.32. The summed E-state index contributed by atoms with van der Waals surface area (Å²) in [5, 5.41) is 21.5. The monoisotopic (exact) mass is 646 g/mol. The van der Waals surface area contributed by atoms with Crippen molar-refractivity contribution in [2.75, 3.05) is 32.1 Å². The van der Waals surface area contributed by atoms with Crippen molar-refractivity contribution < 1.29 is 17.9 Å². The van der Waals surface area contributed by atoms with E-state index in [1.54, 1.807) is 72.1 Å². The van der Waals surface area contributed by atoms with E-state index in [9.17, 15) is 18.8 Å². The first-order chi connectivity index (χ1) is 21.5. The largest absolute Gasteiger partial charge is 0.388 e. The van der Waals surface area contributed by atoms with Gasteiger partial charge in [-0.1, -0.05) is 36.4 Å². The molecule has 4 heterocycles. The van der Waals surface area contributed by atoms with Crippen LogP contribution in [0.4, 0.5) is 15.3 Å². The number of fused-ring (bicyclic) bond motifs is 2. The second kappa shape index (κ2) is 11.8. The summed E-state index contributed by atoms with van der Waals surface area (Å²) in [7, 11) is -0.377. The third kappa shape index (κ3) is 6.11. The van der Waals surface area contributed by atoms with Gasteiger partial charge in [0.05, 0.1) is 40.8 Å². The predicted octanol–water partition coefficient (Wildman–Crippen LogP) is 4.65. The van der Waals surface area contributed by atoms with E-state index in [1.807, 2.05) is 6.07 Å². The fourth-order valence-corrected chi connectivity index (χ4v) is 8.01. The topological polar surface area (TPSA) is 141 Å². The number of nitrogens with zero attached hydrogens (tertiary/aromatic N) is 8. The van der Waals surface area contributed by atoms with Crippen LogP contribution >= 0.6 is 11.3 Å². The Balaban J connectivity index is 1.50. The third-order valence-corrected chi connectivity index (χ3v) is 10.3. The second-order valence-corrected chi connectivity index (χ2v) is 14.6. The molecule has 1 N–H and O–H groups in total. The predicted molar refractivity (Wildman–Crippen MR) is 172 cm³/mol. The van der Waals surface area contributed by atoms with E-state index in [1.165, 1.54) is 12.4 Å². The van der Waals surface area contributed by atoms with Crippen LogP contribution in [0.2, 0.25) is 0 Å². The first kappa shape index (κ1) is 30.6. The maximum absolute atomic E-state index is 15.0. The van der Waals surface area contributed by atoms with Gasteiger partial charge in [-0.15, -0.1) is 11.3 Å². The molecular formula is C31H31FN8O3S2. The fourth-order valence-electron chi connectivity index (χ4n) is 5.54. The van der Waals surface area contributed by atoms with Gasteiger partial charge in [-0.3, -0.25) is 0 Å². The Kier molecular flexibility index (Phi) is 8.02. The number of piperidine rings is 1. The molecular weight excluding hydrogens is 616 g/mol. The molecule has 0 aliphatic carbocycles. The van der Waals surface area contributed by atoms with Crippen LogP contribution in [0.1, 0.15) is 36.5 Å². The summed E-state index contributed by atoms with van der Waals surface area (Å²) < 4.78 is 44.7. The molecule has 1 aliphatic rings. The standard InChI is InChI=1S/C31H31FN8O3S2/c1-31(41)12-7-13-39(17-31)30-36-27-25(29(37-30)45(42,43)16-20-8-5-4-6-9-20)34-19-40(27)15-21-10-11-23(32)26-24(21)22(14-33)28(44-26)35-18-38(2)3/h4-6,8-11,18-19,41H,7,12-13,15-17H2,1-3H3/b35-18+/t31-/m1/s1. The summed E-state index contributed by atoms with van der Waals surface area (Å²) >= 11 is 1.09. The summed E-state index contributed by atoms with van der Waals surface area (Å²) in [4.78, 5) is 21.7. The number of β-amino-alcohol motifs (C(OH)–C–C–N with tert-alkyl or cyclic N) is 1. The quantitative estimate of drug-likeness (QED) is 0.145.